The molecule has 0 atom stereocenters. The Balaban J connectivity index is 1.56. The molecule has 0 aliphatic carbocycles. The normalized spacial score (nSPS) is 14.8. The molecule has 1 N–H and O–H groups in total. The van der Waals surface area contributed by atoms with Gasteiger partial charge in [0.1, 0.15) is 12.3 Å². The molecular formula is C19H21FN4O. The summed E-state index contributed by atoms with van der Waals surface area (Å²) < 4.78 is 19.7. The van der Waals surface area contributed by atoms with E-state index in [0.29, 0.717) is 6.54 Å². The summed E-state index contributed by atoms with van der Waals surface area (Å²) in [5.41, 5.74) is 4.95. The van der Waals surface area contributed by atoms with Crippen LogP contribution in [0.5, 0.6) is 0 Å². The maximum absolute atomic E-state index is 12.3. The fourth-order valence-corrected chi connectivity index (χ4v) is 3.09. The van der Waals surface area contributed by atoms with E-state index in [0.717, 1.165) is 48.9 Å². The van der Waals surface area contributed by atoms with Crippen LogP contribution in [-0.2, 0) is 4.74 Å². The smallest absolute Gasteiger partial charge is 0.139 e. The monoisotopic (exact) mass is 340 g/mol. The minimum atomic E-state index is -0.389. The number of morpholine rings is 1. The molecule has 0 unspecified atom stereocenters. The molecule has 4 rings (SSSR count). The lowest BCUT2D eigenvalue weighted by Gasteiger charge is -2.28. The summed E-state index contributed by atoms with van der Waals surface area (Å²) in [5, 5.41) is 3.04. The van der Waals surface area contributed by atoms with Crippen molar-refractivity contribution in [3.8, 4) is 11.3 Å². The molecule has 1 fully saturated rings. The number of fused-ring (bicyclic) bond motifs is 1. The molecule has 1 aliphatic rings. The number of benzene rings is 1. The Bertz CT molecular complexity index is 840. The molecule has 3 aromatic rings. The van der Waals surface area contributed by atoms with Crippen LogP contribution in [0, 0.1) is 0 Å². The van der Waals surface area contributed by atoms with Crippen LogP contribution in [0.25, 0.3) is 16.9 Å². The third-order valence-electron chi connectivity index (χ3n) is 4.42. The van der Waals surface area contributed by atoms with Gasteiger partial charge in [-0.15, -0.1) is 0 Å². The third-order valence-corrected chi connectivity index (χ3v) is 4.42. The number of nitrogens with zero attached hydrogens (tertiary/aromatic N) is 3. The second-order valence-electron chi connectivity index (χ2n) is 6.07. The first-order valence-electron chi connectivity index (χ1n) is 8.55. The zero-order chi connectivity index (χ0) is 17.1. The largest absolute Gasteiger partial charge is 0.382 e. The first kappa shape index (κ1) is 15.9. The van der Waals surface area contributed by atoms with Crippen LogP contribution in [0.3, 0.4) is 0 Å². The molecule has 0 spiro atoms. The third kappa shape index (κ3) is 3.44. The van der Waals surface area contributed by atoms with Gasteiger partial charge in [-0.1, -0.05) is 12.1 Å². The predicted molar refractivity (Wildman–Crippen MR) is 98.1 cm³/mol. The van der Waals surface area contributed by atoms with Crippen LogP contribution in [0.15, 0.2) is 48.8 Å². The lowest BCUT2D eigenvalue weighted by Crippen LogP contribution is -2.36. The van der Waals surface area contributed by atoms with E-state index in [1.54, 1.807) is 0 Å². The van der Waals surface area contributed by atoms with Crippen molar-refractivity contribution in [2.75, 3.05) is 49.7 Å². The number of nitrogens with one attached hydrogen (secondary N) is 1. The first-order valence-corrected chi connectivity index (χ1v) is 8.55. The van der Waals surface area contributed by atoms with Crippen LogP contribution in [0.1, 0.15) is 0 Å². The van der Waals surface area contributed by atoms with Crippen LogP contribution < -0.4 is 10.2 Å². The number of pyridine rings is 1. The molecular weight excluding hydrogens is 319 g/mol. The van der Waals surface area contributed by atoms with Crippen molar-refractivity contribution in [1.82, 2.24) is 9.38 Å². The van der Waals surface area contributed by atoms with E-state index < -0.39 is 0 Å². The summed E-state index contributed by atoms with van der Waals surface area (Å²) in [6, 6.07) is 12.3. The van der Waals surface area contributed by atoms with Crippen LogP contribution in [-0.4, -0.2) is 48.9 Å². The number of halogens is 1. The summed E-state index contributed by atoms with van der Waals surface area (Å²) in [5.74, 6) is 0. The number of aromatic nitrogens is 2. The fraction of sp³-hybridized carbons (Fsp3) is 0.316. The highest BCUT2D eigenvalue weighted by Crippen LogP contribution is 2.24. The summed E-state index contributed by atoms with van der Waals surface area (Å²) in [4.78, 5) is 7.02. The second-order valence-corrected chi connectivity index (χ2v) is 6.07. The topological polar surface area (TPSA) is 41.8 Å². The van der Waals surface area contributed by atoms with Gasteiger partial charge in [0.25, 0.3) is 0 Å². The van der Waals surface area contributed by atoms with Crippen molar-refractivity contribution in [2.45, 2.75) is 0 Å². The minimum absolute atomic E-state index is 0.312. The molecule has 1 aromatic carbocycles. The average Bonchev–Trinajstić information content (AvgIpc) is 3.10. The lowest BCUT2D eigenvalue weighted by atomic mass is 10.1. The predicted octanol–water partition coefficient (Wildman–Crippen LogP) is 3.22. The molecule has 0 saturated carbocycles. The maximum Gasteiger partial charge on any atom is 0.139 e. The van der Waals surface area contributed by atoms with Gasteiger partial charge in [-0.25, -0.2) is 9.37 Å². The van der Waals surface area contributed by atoms with E-state index in [9.17, 15) is 4.39 Å². The SMILES string of the molecule is FCCNc1ccn2cc(-c3ccc(N4CCOCC4)cc3)nc2c1. The summed E-state index contributed by atoms with van der Waals surface area (Å²) >= 11 is 0. The van der Waals surface area contributed by atoms with Gasteiger partial charge in [0.05, 0.1) is 18.9 Å². The number of ether oxygens (including phenoxy) is 1. The maximum atomic E-state index is 12.3. The molecule has 0 bridgehead atoms. The van der Waals surface area contributed by atoms with E-state index >= 15 is 0 Å². The van der Waals surface area contributed by atoms with E-state index in [2.05, 4.69) is 39.5 Å². The van der Waals surface area contributed by atoms with Crippen molar-refractivity contribution in [3.05, 3.63) is 48.8 Å². The van der Waals surface area contributed by atoms with Crippen molar-refractivity contribution < 1.29 is 9.13 Å². The van der Waals surface area contributed by atoms with E-state index in [1.165, 1.54) is 5.69 Å². The standard InChI is InChI=1S/C19H21FN4O/c20-6-7-21-16-5-8-24-14-18(22-19(24)13-16)15-1-3-17(4-2-15)23-9-11-25-12-10-23/h1-5,8,13-14,21H,6-7,9-12H2. The Morgan fingerprint density at radius 3 is 2.68 bits per heavy atom. The van der Waals surface area contributed by atoms with Gasteiger partial charge < -0.3 is 19.4 Å². The van der Waals surface area contributed by atoms with Crippen LogP contribution in [0.2, 0.25) is 0 Å². The van der Waals surface area contributed by atoms with Gasteiger partial charge in [0.2, 0.25) is 0 Å². The van der Waals surface area contributed by atoms with E-state index in [4.69, 9.17) is 4.74 Å². The van der Waals surface area contributed by atoms with Crippen molar-refractivity contribution in [1.29, 1.82) is 0 Å². The highest BCUT2D eigenvalue weighted by Gasteiger charge is 2.11. The summed E-state index contributed by atoms with van der Waals surface area (Å²) in [7, 11) is 0. The molecule has 2 aromatic heterocycles. The number of anilines is 2. The molecule has 6 heteroatoms. The molecule has 130 valence electrons. The molecule has 3 heterocycles. The molecule has 1 aliphatic heterocycles. The van der Waals surface area contributed by atoms with Gasteiger partial charge in [0, 0.05) is 55.0 Å². The summed E-state index contributed by atoms with van der Waals surface area (Å²) in [6.07, 6.45) is 3.95. The second kappa shape index (κ2) is 7.11. The quantitative estimate of drug-likeness (QED) is 0.774. The molecule has 5 nitrogen and oxygen atoms in total. The zero-order valence-corrected chi connectivity index (χ0v) is 14.0. The summed E-state index contributed by atoms with van der Waals surface area (Å²) in [6.45, 7) is 3.36. The van der Waals surface area contributed by atoms with Gasteiger partial charge in [-0.05, 0) is 18.2 Å². The van der Waals surface area contributed by atoms with Crippen LogP contribution in [0.4, 0.5) is 15.8 Å². The highest BCUT2D eigenvalue weighted by molar-refractivity contribution is 5.67. The van der Waals surface area contributed by atoms with Gasteiger partial charge in [0.15, 0.2) is 0 Å². The minimum Gasteiger partial charge on any atom is -0.382 e. The number of rotatable bonds is 5. The van der Waals surface area contributed by atoms with E-state index in [1.807, 2.05) is 28.9 Å². The molecule has 0 amide bonds. The lowest BCUT2D eigenvalue weighted by molar-refractivity contribution is 0.122. The molecule has 1 saturated heterocycles. The van der Waals surface area contributed by atoms with Crippen LogP contribution >= 0.6 is 0 Å². The van der Waals surface area contributed by atoms with E-state index in [-0.39, 0.29) is 6.67 Å². The number of alkyl halides is 1. The first-order chi connectivity index (χ1) is 12.3. The van der Waals surface area contributed by atoms with Crippen molar-refractivity contribution >= 4 is 17.0 Å². The van der Waals surface area contributed by atoms with Crippen molar-refractivity contribution in [3.63, 3.8) is 0 Å². The van der Waals surface area contributed by atoms with Gasteiger partial charge >= 0.3 is 0 Å². The fourth-order valence-electron chi connectivity index (χ4n) is 3.09. The Hall–Kier alpha value is -2.60. The Morgan fingerprint density at radius 2 is 1.92 bits per heavy atom. The Morgan fingerprint density at radius 1 is 1.12 bits per heavy atom. The van der Waals surface area contributed by atoms with Crippen molar-refractivity contribution in [2.24, 2.45) is 0 Å². The molecule has 25 heavy (non-hydrogen) atoms. The molecule has 0 radical (unpaired) electrons. The highest BCUT2D eigenvalue weighted by atomic mass is 19.1. The number of hydrogen-bond donors (Lipinski definition) is 1. The Kier molecular flexibility index (Phi) is 4.52. The number of imidazole rings is 1. The van der Waals surface area contributed by atoms with Gasteiger partial charge in [-0.2, -0.15) is 0 Å². The zero-order valence-electron chi connectivity index (χ0n) is 14.0. The number of hydrogen-bond acceptors (Lipinski definition) is 4. The van der Waals surface area contributed by atoms with Gasteiger partial charge in [-0.3, -0.25) is 0 Å². The Labute approximate surface area is 146 Å². The average molecular weight is 340 g/mol.